The van der Waals surface area contributed by atoms with Gasteiger partial charge >= 0.3 is 5.97 Å². The first-order valence-corrected chi connectivity index (χ1v) is 11.8. The lowest BCUT2D eigenvalue weighted by Crippen LogP contribution is -2.28. The van der Waals surface area contributed by atoms with Crippen molar-refractivity contribution in [2.75, 3.05) is 6.61 Å². The predicted molar refractivity (Wildman–Crippen MR) is 132 cm³/mol. The number of ether oxygens (including phenoxy) is 1. The van der Waals surface area contributed by atoms with Gasteiger partial charge in [0, 0.05) is 10.3 Å². The largest absolute Gasteiger partial charge is 0.508 e. The Kier molecular flexibility index (Phi) is 6.10. The number of phenolic OH excluding ortho intramolecular Hbond substituents is 1. The number of hydrogen-bond donors (Lipinski definition) is 2. The van der Waals surface area contributed by atoms with Crippen molar-refractivity contribution < 1.29 is 19.4 Å². The average Bonchev–Trinajstić information content (AvgIpc) is 3.51. The van der Waals surface area contributed by atoms with E-state index in [1.54, 1.807) is 23.5 Å². The number of rotatable bonds is 6. The molecule has 0 saturated carbocycles. The standard InChI is InChI=1S/C27H22N2O4S/c30-19-10-7-17(8-11-19)14-18-9-12-22-25(21-5-1-2-6-23(21)29-26(18)22)27(32)33-16-24(31)28-15-20-4-3-13-34-20/h1-8,10-11,13-14,30H,9,12,15-16H2,(H,28,31). The highest BCUT2D eigenvalue weighted by atomic mass is 32.1. The summed E-state index contributed by atoms with van der Waals surface area (Å²) in [5.74, 6) is -0.653. The van der Waals surface area contributed by atoms with Crippen molar-refractivity contribution in [1.29, 1.82) is 0 Å². The molecule has 1 aliphatic carbocycles. The fraction of sp³-hybridized carbons (Fsp3) is 0.148. The number of aromatic hydroxyl groups is 1. The second-order valence-electron chi connectivity index (χ2n) is 8.02. The summed E-state index contributed by atoms with van der Waals surface area (Å²) in [4.78, 5) is 31.3. The summed E-state index contributed by atoms with van der Waals surface area (Å²) < 4.78 is 5.44. The molecule has 34 heavy (non-hydrogen) atoms. The summed E-state index contributed by atoms with van der Waals surface area (Å²) in [5.41, 5.74) is 4.76. The molecule has 1 amide bonds. The van der Waals surface area contributed by atoms with Gasteiger partial charge in [-0.15, -0.1) is 11.3 Å². The van der Waals surface area contributed by atoms with Crippen LogP contribution in [0.2, 0.25) is 0 Å². The lowest BCUT2D eigenvalue weighted by Gasteiger charge is -2.12. The zero-order valence-electron chi connectivity index (χ0n) is 18.3. The van der Waals surface area contributed by atoms with Gasteiger partial charge in [-0.3, -0.25) is 4.79 Å². The zero-order valence-corrected chi connectivity index (χ0v) is 19.1. The van der Waals surface area contributed by atoms with Crippen LogP contribution in [0.1, 0.15) is 38.5 Å². The summed E-state index contributed by atoms with van der Waals surface area (Å²) in [6.45, 7) is 0.0683. The van der Waals surface area contributed by atoms with Gasteiger partial charge in [-0.05, 0) is 65.3 Å². The molecule has 0 bridgehead atoms. The van der Waals surface area contributed by atoms with E-state index in [2.05, 4.69) is 5.32 Å². The summed E-state index contributed by atoms with van der Waals surface area (Å²) in [6.07, 6.45) is 3.42. The first-order valence-electron chi connectivity index (χ1n) is 11.0. The number of allylic oxidation sites excluding steroid dienone is 1. The molecule has 0 saturated heterocycles. The number of phenols is 1. The maximum Gasteiger partial charge on any atom is 0.339 e. The van der Waals surface area contributed by atoms with Gasteiger partial charge < -0.3 is 15.2 Å². The number of carbonyl (C=O) groups is 2. The molecule has 0 atom stereocenters. The van der Waals surface area contributed by atoms with Gasteiger partial charge in [-0.1, -0.05) is 36.4 Å². The molecule has 4 aromatic rings. The Hall–Kier alpha value is -3.97. The Morgan fingerprint density at radius 3 is 2.68 bits per heavy atom. The molecule has 0 spiro atoms. The molecule has 170 valence electrons. The van der Waals surface area contributed by atoms with Crippen molar-refractivity contribution in [1.82, 2.24) is 10.3 Å². The van der Waals surface area contributed by atoms with Gasteiger partial charge in [0.25, 0.3) is 5.91 Å². The second kappa shape index (κ2) is 9.49. The zero-order chi connectivity index (χ0) is 23.5. The maximum absolute atomic E-state index is 13.2. The smallest absolute Gasteiger partial charge is 0.339 e. The van der Waals surface area contributed by atoms with Crippen molar-refractivity contribution >= 4 is 45.8 Å². The molecule has 1 aliphatic rings. The molecular formula is C27H22N2O4S. The predicted octanol–water partition coefficient (Wildman–Crippen LogP) is 4.96. The fourth-order valence-electron chi connectivity index (χ4n) is 4.14. The summed E-state index contributed by atoms with van der Waals surface area (Å²) in [6, 6.07) is 18.3. The van der Waals surface area contributed by atoms with Crippen molar-refractivity contribution in [2.45, 2.75) is 19.4 Å². The number of carbonyl (C=O) groups excluding carboxylic acids is 2. The molecule has 0 aliphatic heterocycles. The van der Waals surface area contributed by atoms with Crippen LogP contribution in [0.15, 0.2) is 66.0 Å². The van der Waals surface area contributed by atoms with E-state index in [0.29, 0.717) is 24.0 Å². The highest BCUT2D eigenvalue weighted by Crippen LogP contribution is 2.37. The number of esters is 1. The Bertz CT molecular complexity index is 1390. The lowest BCUT2D eigenvalue weighted by molar-refractivity contribution is -0.124. The van der Waals surface area contributed by atoms with E-state index in [9.17, 15) is 14.7 Å². The summed E-state index contributed by atoms with van der Waals surface area (Å²) >= 11 is 1.56. The van der Waals surface area contributed by atoms with Gasteiger partial charge in [-0.25, -0.2) is 9.78 Å². The molecule has 2 aromatic carbocycles. The molecule has 7 heteroatoms. The van der Waals surface area contributed by atoms with E-state index in [4.69, 9.17) is 9.72 Å². The van der Waals surface area contributed by atoms with Crippen LogP contribution in [0.25, 0.3) is 22.6 Å². The van der Waals surface area contributed by atoms with E-state index in [1.807, 2.05) is 60.0 Å². The van der Waals surface area contributed by atoms with Crippen LogP contribution in [0.4, 0.5) is 0 Å². The third kappa shape index (κ3) is 4.56. The third-order valence-corrected chi connectivity index (χ3v) is 6.63. The van der Waals surface area contributed by atoms with Gasteiger partial charge in [0.15, 0.2) is 6.61 Å². The third-order valence-electron chi connectivity index (χ3n) is 5.75. The number of nitrogens with one attached hydrogen (secondary N) is 1. The van der Waals surface area contributed by atoms with Crippen LogP contribution in [0.5, 0.6) is 5.75 Å². The molecule has 2 aromatic heterocycles. The molecular weight excluding hydrogens is 448 g/mol. The monoisotopic (exact) mass is 470 g/mol. The number of hydrogen-bond acceptors (Lipinski definition) is 6. The van der Waals surface area contributed by atoms with Crippen LogP contribution in [-0.2, 0) is 22.5 Å². The quantitative estimate of drug-likeness (QED) is 0.389. The van der Waals surface area contributed by atoms with Gasteiger partial charge in [-0.2, -0.15) is 0 Å². The number of fused-ring (bicyclic) bond motifs is 2. The maximum atomic E-state index is 13.2. The normalized spacial score (nSPS) is 13.7. The van der Waals surface area contributed by atoms with Crippen LogP contribution in [-0.4, -0.2) is 28.6 Å². The van der Waals surface area contributed by atoms with E-state index in [0.717, 1.165) is 39.1 Å². The Morgan fingerprint density at radius 1 is 1.06 bits per heavy atom. The van der Waals surface area contributed by atoms with Crippen LogP contribution in [0, 0.1) is 0 Å². The molecule has 0 unspecified atom stereocenters. The highest BCUT2D eigenvalue weighted by Gasteiger charge is 2.28. The van der Waals surface area contributed by atoms with Crippen molar-refractivity contribution in [3.8, 4) is 5.75 Å². The summed E-state index contributed by atoms with van der Waals surface area (Å²) in [7, 11) is 0. The number of aromatic nitrogens is 1. The molecule has 0 fully saturated rings. The lowest BCUT2D eigenvalue weighted by atomic mass is 10.0. The minimum Gasteiger partial charge on any atom is -0.508 e. The number of nitrogens with zero attached hydrogens (tertiary/aromatic N) is 1. The van der Waals surface area contributed by atoms with Gasteiger partial charge in [0.05, 0.1) is 23.3 Å². The first-order chi connectivity index (χ1) is 16.6. The number of para-hydroxylation sites is 1. The average molecular weight is 471 g/mol. The Labute approximate surface area is 200 Å². The molecule has 2 heterocycles. The fourth-order valence-corrected chi connectivity index (χ4v) is 4.78. The van der Waals surface area contributed by atoms with Crippen LogP contribution in [0.3, 0.4) is 0 Å². The first kappa shape index (κ1) is 21.9. The Morgan fingerprint density at radius 2 is 1.88 bits per heavy atom. The topological polar surface area (TPSA) is 88.5 Å². The van der Waals surface area contributed by atoms with Crippen molar-refractivity contribution in [3.05, 3.63) is 93.3 Å². The van der Waals surface area contributed by atoms with Crippen molar-refractivity contribution in [2.24, 2.45) is 0 Å². The minimum absolute atomic E-state index is 0.211. The Balaban J connectivity index is 1.41. The number of pyridine rings is 1. The SMILES string of the molecule is O=C(COC(=O)c1c2c(nc3ccccc13)C(=Cc1ccc(O)cc1)CC2)NCc1cccs1. The second-order valence-corrected chi connectivity index (χ2v) is 9.06. The summed E-state index contributed by atoms with van der Waals surface area (Å²) in [5, 5.41) is 15.0. The molecule has 6 nitrogen and oxygen atoms in total. The van der Waals surface area contributed by atoms with Crippen LogP contribution < -0.4 is 5.32 Å². The molecule has 0 radical (unpaired) electrons. The highest BCUT2D eigenvalue weighted by molar-refractivity contribution is 7.09. The van der Waals surface area contributed by atoms with E-state index in [-0.39, 0.29) is 18.3 Å². The van der Waals surface area contributed by atoms with Crippen molar-refractivity contribution in [3.63, 3.8) is 0 Å². The van der Waals surface area contributed by atoms with E-state index >= 15 is 0 Å². The van der Waals surface area contributed by atoms with E-state index in [1.165, 1.54) is 0 Å². The number of amides is 1. The van der Waals surface area contributed by atoms with Gasteiger partial charge in [0.1, 0.15) is 5.75 Å². The van der Waals surface area contributed by atoms with Gasteiger partial charge in [0.2, 0.25) is 0 Å². The molecule has 5 rings (SSSR count). The van der Waals surface area contributed by atoms with Crippen LogP contribution >= 0.6 is 11.3 Å². The number of benzene rings is 2. The van der Waals surface area contributed by atoms with E-state index < -0.39 is 5.97 Å². The number of thiophene rings is 1. The molecule has 2 N–H and O–H groups in total. The minimum atomic E-state index is -0.521.